The molecule has 0 spiro atoms. The van der Waals surface area contributed by atoms with Crippen molar-refractivity contribution in [3.8, 4) is 0 Å². The number of aliphatic hydroxyl groups is 1. The number of fused-ring (bicyclic) bond motifs is 1. The van der Waals surface area contributed by atoms with Gasteiger partial charge in [0.2, 0.25) is 0 Å². The van der Waals surface area contributed by atoms with Crippen LogP contribution in [0.5, 0.6) is 0 Å². The summed E-state index contributed by atoms with van der Waals surface area (Å²) in [7, 11) is 0. The van der Waals surface area contributed by atoms with Crippen LogP contribution in [-0.2, 0) is 0 Å². The molecule has 1 unspecified atom stereocenters. The minimum absolute atomic E-state index is 0.433. The van der Waals surface area contributed by atoms with Crippen molar-refractivity contribution >= 4 is 34.1 Å². The van der Waals surface area contributed by atoms with Gasteiger partial charge in [-0.1, -0.05) is 47.5 Å². The molecular formula is C16H11Cl2NO. The van der Waals surface area contributed by atoms with Crippen LogP contribution in [0.25, 0.3) is 10.9 Å². The van der Waals surface area contributed by atoms with Crippen LogP contribution in [0.4, 0.5) is 0 Å². The lowest BCUT2D eigenvalue weighted by atomic mass is 10.0. The first-order valence-corrected chi connectivity index (χ1v) is 6.88. The average Bonchev–Trinajstić information content (AvgIpc) is 2.49. The first kappa shape index (κ1) is 13.4. The number of hydrogen-bond donors (Lipinski definition) is 1. The van der Waals surface area contributed by atoms with Crippen molar-refractivity contribution in [2.75, 3.05) is 0 Å². The highest BCUT2D eigenvalue weighted by Crippen LogP contribution is 2.29. The molecule has 0 amide bonds. The molecule has 0 saturated heterocycles. The van der Waals surface area contributed by atoms with E-state index in [1.165, 1.54) is 0 Å². The molecule has 0 aliphatic heterocycles. The third-order valence-corrected chi connectivity index (χ3v) is 3.94. The van der Waals surface area contributed by atoms with Crippen molar-refractivity contribution in [1.29, 1.82) is 0 Å². The van der Waals surface area contributed by atoms with Crippen molar-refractivity contribution in [3.63, 3.8) is 0 Å². The van der Waals surface area contributed by atoms with Crippen molar-refractivity contribution < 1.29 is 5.11 Å². The number of pyridine rings is 1. The summed E-state index contributed by atoms with van der Waals surface area (Å²) in [5.41, 5.74) is 2.33. The molecule has 20 heavy (non-hydrogen) atoms. The first-order chi connectivity index (χ1) is 9.65. The molecule has 4 heteroatoms. The van der Waals surface area contributed by atoms with E-state index in [0.29, 0.717) is 15.6 Å². The van der Waals surface area contributed by atoms with Gasteiger partial charge in [0.25, 0.3) is 0 Å². The summed E-state index contributed by atoms with van der Waals surface area (Å²) in [6.45, 7) is 0. The second-order valence-corrected chi connectivity index (χ2v) is 5.35. The summed E-state index contributed by atoms with van der Waals surface area (Å²) in [4.78, 5) is 4.29. The zero-order valence-corrected chi connectivity index (χ0v) is 11.9. The van der Waals surface area contributed by atoms with E-state index in [9.17, 15) is 5.11 Å². The molecule has 0 radical (unpaired) electrons. The van der Waals surface area contributed by atoms with E-state index in [1.54, 1.807) is 24.4 Å². The molecule has 1 N–H and O–H groups in total. The minimum atomic E-state index is -0.754. The zero-order chi connectivity index (χ0) is 14.1. The van der Waals surface area contributed by atoms with Gasteiger partial charge >= 0.3 is 0 Å². The first-order valence-electron chi connectivity index (χ1n) is 6.13. The maximum Gasteiger partial charge on any atom is 0.104 e. The van der Waals surface area contributed by atoms with Crippen molar-refractivity contribution in [3.05, 3.63) is 75.9 Å². The summed E-state index contributed by atoms with van der Waals surface area (Å²) < 4.78 is 0. The Kier molecular flexibility index (Phi) is 3.62. The quantitative estimate of drug-likeness (QED) is 0.749. The smallest absolute Gasteiger partial charge is 0.104 e. The van der Waals surface area contributed by atoms with Crippen LogP contribution in [0.1, 0.15) is 17.2 Å². The number of hydrogen-bond acceptors (Lipinski definition) is 2. The molecule has 100 valence electrons. The van der Waals surface area contributed by atoms with Gasteiger partial charge in [-0.15, -0.1) is 0 Å². The van der Waals surface area contributed by atoms with E-state index < -0.39 is 6.10 Å². The number of aliphatic hydroxyl groups excluding tert-OH is 1. The Morgan fingerprint density at radius 1 is 0.900 bits per heavy atom. The number of aromatic nitrogens is 1. The topological polar surface area (TPSA) is 33.1 Å². The molecule has 0 saturated carbocycles. The van der Waals surface area contributed by atoms with Crippen LogP contribution in [0.2, 0.25) is 10.0 Å². The highest BCUT2D eigenvalue weighted by atomic mass is 35.5. The van der Waals surface area contributed by atoms with Crippen molar-refractivity contribution in [2.45, 2.75) is 6.10 Å². The molecule has 3 aromatic rings. The molecule has 1 aromatic heterocycles. The Bertz CT molecular complexity index is 773. The van der Waals surface area contributed by atoms with Gasteiger partial charge < -0.3 is 5.11 Å². The fourth-order valence-corrected chi connectivity index (χ4v) is 2.43. The Balaban J connectivity index is 2.02. The number of halogens is 2. The molecular weight excluding hydrogens is 293 g/mol. The Labute approximate surface area is 126 Å². The van der Waals surface area contributed by atoms with Crippen molar-refractivity contribution in [1.82, 2.24) is 4.98 Å². The minimum Gasteiger partial charge on any atom is -0.384 e. The molecule has 0 bridgehead atoms. The number of nitrogens with zero attached hydrogens (tertiary/aromatic N) is 1. The van der Waals surface area contributed by atoms with E-state index in [-0.39, 0.29) is 0 Å². The SMILES string of the molecule is OC(c1ccc(Cl)c(Cl)c1)c1ccc2cccnc2c1. The Hall–Kier alpha value is -1.61. The zero-order valence-electron chi connectivity index (χ0n) is 10.4. The third kappa shape index (κ3) is 2.50. The van der Waals surface area contributed by atoms with E-state index in [2.05, 4.69) is 4.98 Å². The van der Waals surface area contributed by atoms with Crippen LogP contribution >= 0.6 is 23.2 Å². The van der Waals surface area contributed by atoms with Gasteiger partial charge in [0.15, 0.2) is 0 Å². The van der Waals surface area contributed by atoms with Gasteiger partial charge in [0.05, 0.1) is 15.6 Å². The van der Waals surface area contributed by atoms with Crippen molar-refractivity contribution in [2.24, 2.45) is 0 Å². The summed E-state index contributed by atoms with van der Waals surface area (Å²) in [6, 6.07) is 14.7. The molecule has 0 fully saturated rings. The Morgan fingerprint density at radius 3 is 2.45 bits per heavy atom. The van der Waals surface area contributed by atoms with Crippen LogP contribution in [0.3, 0.4) is 0 Å². The van der Waals surface area contributed by atoms with Gasteiger partial charge in [0.1, 0.15) is 6.10 Å². The van der Waals surface area contributed by atoms with Crippen LogP contribution in [0, 0.1) is 0 Å². The third-order valence-electron chi connectivity index (χ3n) is 3.21. The normalized spacial score (nSPS) is 12.6. The summed E-state index contributed by atoms with van der Waals surface area (Å²) in [5.74, 6) is 0. The average molecular weight is 304 g/mol. The lowest BCUT2D eigenvalue weighted by Crippen LogP contribution is -1.99. The fraction of sp³-hybridized carbons (Fsp3) is 0.0625. The van der Waals surface area contributed by atoms with Gasteiger partial charge in [-0.2, -0.15) is 0 Å². The highest BCUT2D eigenvalue weighted by Gasteiger charge is 2.12. The monoisotopic (exact) mass is 303 g/mol. The van der Waals surface area contributed by atoms with E-state index in [4.69, 9.17) is 23.2 Å². The number of rotatable bonds is 2. The van der Waals surface area contributed by atoms with Crippen LogP contribution in [-0.4, -0.2) is 10.1 Å². The standard InChI is InChI=1S/C16H11Cl2NO/c17-13-6-5-11(8-14(13)18)16(20)12-4-3-10-2-1-7-19-15(10)9-12/h1-9,16,20H. The Morgan fingerprint density at radius 2 is 1.65 bits per heavy atom. The van der Waals surface area contributed by atoms with Gasteiger partial charge in [-0.25, -0.2) is 0 Å². The lowest BCUT2D eigenvalue weighted by Gasteiger charge is -2.13. The van der Waals surface area contributed by atoms with E-state index >= 15 is 0 Å². The maximum absolute atomic E-state index is 10.4. The van der Waals surface area contributed by atoms with Gasteiger partial charge in [-0.05, 0) is 35.4 Å². The molecule has 0 aliphatic carbocycles. The summed E-state index contributed by atoms with van der Waals surface area (Å²) in [5, 5.41) is 12.4. The molecule has 1 atom stereocenters. The molecule has 0 aliphatic rings. The highest BCUT2D eigenvalue weighted by molar-refractivity contribution is 6.42. The molecule has 2 nitrogen and oxygen atoms in total. The van der Waals surface area contributed by atoms with Gasteiger partial charge in [0, 0.05) is 11.6 Å². The van der Waals surface area contributed by atoms with Gasteiger partial charge in [-0.3, -0.25) is 4.98 Å². The lowest BCUT2D eigenvalue weighted by molar-refractivity contribution is 0.220. The van der Waals surface area contributed by atoms with Crippen LogP contribution in [0.15, 0.2) is 54.7 Å². The van der Waals surface area contributed by atoms with E-state index in [0.717, 1.165) is 16.5 Å². The van der Waals surface area contributed by atoms with E-state index in [1.807, 2.05) is 30.3 Å². The molecule has 2 aromatic carbocycles. The molecule has 1 heterocycles. The second kappa shape index (κ2) is 5.41. The fourth-order valence-electron chi connectivity index (χ4n) is 2.13. The predicted octanol–water partition coefficient (Wildman–Crippen LogP) is 4.62. The predicted molar refractivity (Wildman–Crippen MR) is 82.3 cm³/mol. The summed E-state index contributed by atoms with van der Waals surface area (Å²) >= 11 is 11.9. The van der Waals surface area contributed by atoms with Crippen LogP contribution < -0.4 is 0 Å². The summed E-state index contributed by atoms with van der Waals surface area (Å²) in [6.07, 6.45) is 0.980. The largest absolute Gasteiger partial charge is 0.384 e. The molecule has 3 rings (SSSR count). The number of benzene rings is 2. The maximum atomic E-state index is 10.4. The second-order valence-electron chi connectivity index (χ2n) is 4.53.